The minimum atomic E-state index is -1.59. The van der Waals surface area contributed by atoms with Gasteiger partial charge in [-0.2, -0.15) is 0 Å². The third-order valence-electron chi connectivity index (χ3n) is 4.17. The van der Waals surface area contributed by atoms with Crippen LogP contribution in [-0.2, 0) is 13.9 Å². The van der Waals surface area contributed by atoms with Crippen LogP contribution in [0, 0.1) is 0 Å². The van der Waals surface area contributed by atoms with E-state index in [0.29, 0.717) is 0 Å². The van der Waals surface area contributed by atoms with Gasteiger partial charge in [0, 0.05) is 32.7 Å². The SMILES string of the molecule is C=CCN1CC(O[Si](C)(C)C)=CC[C@]1(C=C)CCC(OC)OC. The summed E-state index contributed by atoms with van der Waals surface area (Å²) in [4.78, 5) is 2.39. The molecule has 0 saturated heterocycles. The van der Waals surface area contributed by atoms with Crippen molar-refractivity contribution in [3.8, 4) is 0 Å². The first-order chi connectivity index (χ1) is 10.8. The Morgan fingerprint density at radius 2 is 1.96 bits per heavy atom. The van der Waals surface area contributed by atoms with Gasteiger partial charge in [0.2, 0.25) is 8.32 Å². The predicted molar refractivity (Wildman–Crippen MR) is 98.9 cm³/mol. The lowest BCUT2D eigenvalue weighted by Crippen LogP contribution is -2.51. The Bertz CT molecular complexity index is 426. The summed E-state index contributed by atoms with van der Waals surface area (Å²) in [6.45, 7) is 16.2. The van der Waals surface area contributed by atoms with Crippen molar-refractivity contribution in [1.82, 2.24) is 4.90 Å². The number of rotatable bonds is 10. The summed E-state index contributed by atoms with van der Waals surface area (Å²) in [6, 6.07) is 0. The lowest BCUT2D eigenvalue weighted by molar-refractivity contribution is -0.111. The topological polar surface area (TPSA) is 30.9 Å². The second kappa shape index (κ2) is 8.83. The van der Waals surface area contributed by atoms with E-state index in [1.165, 1.54) is 0 Å². The van der Waals surface area contributed by atoms with Gasteiger partial charge in [-0.05, 0) is 38.6 Å². The molecule has 0 amide bonds. The van der Waals surface area contributed by atoms with Crippen LogP contribution in [0.25, 0.3) is 0 Å². The van der Waals surface area contributed by atoms with E-state index in [9.17, 15) is 0 Å². The zero-order valence-electron chi connectivity index (χ0n) is 15.4. The molecule has 0 aromatic carbocycles. The van der Waals surface area contributed by atoms with Crippen LogP contribution in [0.15, 0.2) is 37.1 Å². The van der Waals surface area contributed by atoms with Crippen molar-refractivity contribution in [2.45, 2.75) is 50.7 Å². The summed E-state index contributed by atoms with van der Waals surface area (Å²) in [7, 11) is 1.77. The number of methoxy groups -OCH3 is 2. The first-order valence-electron chi connectivity index (χ1n) is 8.23. The van der Waals surface area contributed by atoms with E-state index in [-0.39, 0.29) is 11.8 Å². The molecule has 0 saturated carbocycles. The Labute approximate surface area is 142 Å². The third kappa shape index (κ3) is 5.92. The second-order valence-electron chi connectivity index (χ2n) is 7.01. The Kier molecular flexibility index (Phi) is 7.74. The van der Waals surface area contributed by atoms with Crippen LogP contribution in [0.5, 0.6) is 0 Å². The Morgan fingerprint density at radius 3 is 2.43 bits per heavy atom. The third-order valence-corrected chi connectivity index (χ3v) is 5.04. The molecule has 1 heterocycles. The van der Waals surface area contributed by atoms with E-state index in [4.69, 9.17) is 13.9 Å². The number of hydrogen-bond acceptors (Lipinski definition) is 4. The number of ether oxygens (including phenoxy) is 2. The minimum Gasteiger partial charge on any atom is -0.546 e. The molecule has 23 heavy (non-hydrogen) atoms. The van der Waals surface area contributed by atoms with Gasteiger partial charge in [-0.15, -0.1) is 13.2 Å². The molecule has 0 aliphatic carbocycles. The molecule has 0 bridgehead atoms. The highest BCUT2D eigenvalue weighted by atomic mass is 28.4. The van der Waals surface area contributed by atoms with E-state index < -0.39 is 8.32 Å². The standard InChI is InChI=1S/C18H33NO3Si/c1-8-14-19-15-16(22-23(5,6)7)10-12-18(19,9-2)13-11-17(20-3)21-4/h8-10,17H,1-2,11-15H2,3-7H3/t18-/m1/s1. The normalized spacial score (nSPS) is 22.8. The monoisotopic (exact) mass is 339 g/mol. The average Bonchev–Trinajstić information content (AvgIpc) is 2.49. The van der Waals surface area contributed by atoms with E-state index in [1.807, 2.05) is 6.08 Å². The van der Waals surface area contributed by atoms with Crippen molar-refractivity contribution in [2.24, 2.45) is 0 Å². The van der Waals surface area contributed by atoms with Crippen LogP contribution in [0.2, 0.25) is 19.6 Å². The van der Waals surface area contributed by atoms with Gasteiger partial charge < -0.3 is 13.9 Å². The molecule has 0 radical (unpaired) electrons. The summed E-state index contributed by atoms with van der Waals surface area (Å²) in [5.74, 6) is 1.08. The molecule has 4 nitrogen and oxygen atoms in total. The van der Waals surface area contributed by atoms with Gasteiger partial charge in [0.05, 0.1) is 12.3 Å². The molecule has 0 unspecified atom stereocenters. The van der Waals surface area contributed by atoms with Crippen molar-refractivity contribution in [3.63, 3.8) is 0 Å². The van der Waals surface area contributed by atoms with Crippen molar-refractivity contribution in [3.05, 3.63) is 37.1 Å². The zero-order valence-corrected chi connectivity index (χ0v) is 16.4. The molecule has 1 aliphatic heterocycles. The summed E-state index contributed by atoms with van der Waals surface area (Å²) < 4.78 is 16.9. The van der Waals surface area contributed by atoms with E-state index >= 15 is 0 Å². The quantitative estimate of drug-likeness (QED) is 0.343. The van der Waals surface area contributed by atoms with Gasteiger partial charge in [0.15, 0.2) is 6.29 Å². The molecule has 132 valence electrons. The molecular formula is C18H33NO3Si. The summed E-state index contributed by atoms with van der Waals surface area (Å²) in [5, 5.41) is 0. The highest BCUT2D eigenvalue weighted by Crippen LogP contribution is 2.34. The van der Waals surface area contributed by atoms with E-state index in [1.54, 1.807) is 14.2 Å². The fourth-order valence-corrected chi connectivity index (χ4v) is 3.91. The number of nitrogens with zero attached hydrogens (tertiary/aromatic N) is 1. The molecule has 5 heteroatoms. The van der Waals surface area contributed by atoms with Gasteiger partial charge in [-0.25, -0.2) is 0 Å². The molecule has 1 aliphatic rings. The van der Waals surface area contributed by atoms with Crippen LogP contribution in [0.4, 0.5) is 0 Å². The summed E-state index contributed by atoms with van der Waals surface area (Å²) in [5.41, 5.74) is -0.101. The molecule has 0 aromatic heterocycles. The Morgan fingerprint density at radius 1 is 1.30 bits per heavy atom. The van der Waals surface area contributed by atoms with E-state index in [0.717, 1.165) is 38.1 Å². The van der Waals surface area contributed by atoms with Crippen molar-refractivity contribution in [1.29, 1.82) is 0 Å². The van der Waals surface area contributed by atoms with Crippen LogP contribution < -0.4 is 0 Å². The lowest BCUT2D eigenvalue weighted by Gasteiger charge is -2.45. The maximum Gasteiger partial charge on any atom is 0.241 e. The highest BCUT2D eigenvalue weighted by molar-refractivity contribution is 6.70. The van der Waals surface area contributed by atoms with E-state index in [2.05, 4.69) is 49.9 Å². The molecule has 0 N–H and O–H groups in total. The molecule has 0 aromatic rings. The summed E-state index contributed by atoms with van der Waals surface area (Å²) >= 11 is 0. The smallest absolute Gasteiger partial charge is 0.241 e. The van der Waals surface area contributed by atoms with Gasteiger partial charge in [0.1, 0.15) is 0 Å². The first kappa shape index (κ1) is 20.2. The Balaban J connectivity index is 2.91. The largest absolute Gasteiger partial charge is 0.546 e. The number of hydrogen-bond donors (Lipinski definition) is 0. The molecular weight excluding hydrogens is 306 g/mol. The van der Waals surface area contributed by atoms with Crippen LogP contribution in [-0.4, -0.2) is 52.4 Å². The van der Waals surface area contributed by atoms with Gasteiger partial charge >= 0.3 is 0 Å². The van der Waals surface area contributed by atoms with Crippen molar-refractivity contribution < 1.29 is 13.9 Å². The first-order valence-corrected chi connectivity index (χ1v) is 11.6. The van der Waals surface area contributed by atoms with Gasteiger partial charge in [0.25, 0.3) is 0 Å². The van der Waals surface area contributed by atoms with Crippen LogP contribution in [0.3, 0.4) is 0 Å². The van der Waals surface area contributed by atoms with Crippen LogP contribution in [0.1, 0.15) is 19.3 Å². The average molecular weight is 340 g/mol. The fraction of sp³-hybridized carbons (Fsp3) is 0.667. The van der Waals surface area contributed by atoms with Gasteiger partial charge in [-0.1, -0.05) is 12.2 Å². The molecule has 1 rings (SSSR count). The fourth-order valence-electron chi connectivity index (χ4n) is 2.97. The Hall–Kier alpha value is -0.883. The lowest BCUT2D eigenvalue weighted by atomic mass is 9.84. The van der Waals surface area contributed by atoms with Crippen molar-refractivity contribution in [2.75, 3.05) is 27.3 Å². The minimum absolute atomic E-state index is 0.101. The molecule has 0 fully saturated rings. The van der Waals surface area contributed by atoms with Crippen molar-refractivity contribution >= 4 is 8.32 Å². The zero-order chi connectivity index (χ0) is 17.5. The maximum atomic E-state index is 6.20. The van der Waals surface area contributed by atoms with Gasteiger partial charge in [-0.3, -0.25) is 4.90 Å². The second-order valence-corrected chi connectivity index (χ2v) is 11.4. The summed E-state index contributed by atoms with van der Waals surface area (Å²) in [6.07, 6.45) is 8.69. The molecule has 1 atom stereocenters. The van der Waals surface area contributed by atoms with Crippen LogP contribution >= 0.6 is 0 Å². The maximum absolute atomic E-state index is 6.20. The predicted octanol–water partition coefficient (Wildman–Crippen LogP) is 3.94. The molecule has 0 spiro atoms. The highest BCUT2D eigenvalue weighted by Gasteiger charge is 2.37.